The fraction of sp³-hybridized carbons (Fsp3) is 0.333. The Morgan fingerprint density at radius 3 is 2.48 bits per heavy atom. The lowest BCUT2D eigenvalue weighted by molar-refractivity contribution is -0.138. The van der Waals surface area contributed by atoms with E-state index in [1.54, 1.807) is 19.9 Å². The number of aliphatic hydroxyl groups is 1. The fourth-order valence-electron chi connectivity index (χ4n) is 3.57. The number of aromatic nitrogens is 3. The number of carboxylic acid groups (broad SMARTS) is 1. The van der Waals surface area contributed by atoms with Gasteiger partial charge in [-0.3, -0.25) is 14.4 Å². The summed E-state index contributed by atoms with van der Waals surface area (Å²) in [5.41, 5.74) is 2.83. The third-order valence-electron chi connectivity index (χ3n) is 5.93. The van der Waals surface area contributed by atoms with E-state index >= 15 is 0 Å². The number of anilines is 5. The summed E-state index contributed by atoms with van der Waals surface area (Å²) in [5.74, 6) is -2.64. The Morgan fingerprint density at radius 2 is 1.82 bits per heavy atom. The monoisotopic (exact) mass is 621 g/mol. The molecule has 0 radical (unpaired) electrons. The first-order valence-electron chi connectivity index (χ1n) is 12.9. The molecule has 17 heteroatoms. The number of nitrogens with one attached hydrogen (secondary N) is 4. The Labute approximate surface area is 249 Å². The Balaban J connectivity index is 1.80. The van der Waals surface area contributed by atoms with Crippen LogP contribution < -0.4 is 26.2 Å². The number of halogens is 3. The van der Waals surface area contributed by atoms with Crippen LogP contribution in [0.25, 0.3) is 0 Å². The van der Waals surface area contributed by atoms with E-state index in [0.29, 0.717) is 29.3 Å². The van der Waals surface area contributed by atoms with Gasteiger partial charge in [-0.25, -0.2) is 9.97 Å². The minimum Gasteiger partial charge on any atom is -0.481 e. The van der Waals surface area contributed by atoms with Crippen LogP contribution in [0.3, 0.4) is 0 Å². The van der Waals surface area contributed by atoms with Crippen LogP contribution in [0.4, 0.5) is 42.0 Å². The molecule has 236 valence electrons. The van der Waals surface area contributed by atoms with Crippen LogP contribution in [0.5, 0.6) is 5.88 Å². The van der Waals surface area contributed by atoms with Gasteiger partial charge in [-0.05, 0) is 43.5 Å². The molecule has 0 saturated heterocycles. The fourth-order valence-corrected chi connectivity index (χ4v) is 3.57. The summed E-state index contributed by atoms with van der Waals surface area (Å²) in [6.45, 7) is 2.77. The van der Waals surface area contributed by atoms with Gasteiger partial charge in [-0.1, -0.05) is 6.07 Å². The number of carboxylic acids is 1. The molecule has 0 aliphatic heterocycles. The quantitative estimate of drug-likeness (QED) is 0.107. The molecule has 6 N–H and O–H groups in total. The largest absolute Gasteiger partial charge is 0.481 e. The molecule has 2 heterocycles. The number of pyridine rings is 1. The highest BCUT2D eigenvalue weighted by atomic mass is 19.4. The molecular formula is C27H30F3N7O7. The topological polar surface area (TPSA) is 197 Å². The minimum atomic E-state index is -4.84. The van der Waals surface area contributed by atoms with E-state index < -0.39 is 48.2 Å². The molecule has 0 bridgehead atoms. The number of aliphatic carboxylic acids is 1. The minimum absolute atomic E-state index is 0.0155. The molecule has 1 unspecified atom stereocenters. The molecular weight excluding hydrogens is 591 g/mol. The zero-order valence-electron chi connectivity index (χ0n) is 23.7. The van der Waals surface area contributed by atoms with Crippen molar-refractivity contribution in [2.45, 2.75) is 45.0 Å². The maximum atomic E-state index is 13.9. The highest BCUT2D eigenvalue weighted by Gasteiger charge is 2.35. The van der Waals surface area contributed by atoms with Crippen LogP contribution in [0.1, 0.15) is 29.5 Å². The van der Waals surface area contributed by atoms with Gasteiger partial charge in [-0.2, -0.15) is 23.6 Å². The number of aldehydes is 1. The average molecular weight is 622 g/mol. The number of amides is 1. The molecule has 44 heavy (non-hydrogen) atoms. The number of hydroxylamine groups is 1. The van der Waals surface area contributed by atoms with E-state index in [4.69, 9.17) is 14.7 Å². The highest BCUT2D eigenvalue weighted by molar-refractivity contribution is 5.97. The highest BCUT2D eigenvalue weighted by Crippen LogP contribution is 2.37. The van der Waals surface area contributed by atoms with Crippen LogP contribution in [0.15, 0.2) is 36.7 Å². The van der Waals surface area contributed by atoms with Gasteiger partial charge in [-0.15, -0.1) is 0 Å². The Bertz CT molecular complexity index is 1490. The number of nitrogens with zero attached hydrogens (tertiary/aromatic N) is 3. The van der Waals surface area contributed by atoms with Crippen molar-refractivity contribution in [1.29, 1.82) is 0 Å². The lowest BCUT2D eigenvalue weighted by atomic mass is 10.1. The number of benzene rings is 1. The summed E-state index contributed by atoms with van der Waals surface area (Å²) >= 11 is 0. The molecule has 3 aromatic rings. The molecule has 1 amide bonds. The molecule has 1 aromatic carbocycles. The van der Waals surface area contributed by atoms with E-state index in [-0.39, 0.29) is 36.0 Å². The normalized spacial score (nSPS) is 12.6. The van der Waals surface area contributed by atoms with Crippen molar-refractivity contribution in [1.82, 2.24) is 20.4 Å². The number of aryl methyl sites for hydroxylation is 2. The smallest absolute Gasteiger partial charge is 0.421 e. The number of rotatable bonds is 15. The molecule has 0 aliphatic rings. The van der Waals surface area contributed by atoms with E-state index in [1.807, 2.05) is 0 Å². The number of hydrogen-bond acceptors (Lipinski definition) is 12. The molecule has 3 rings (SSSR count). The Kier molecular flexibility index (Phi) is 11.5. The van der Waals surface area contributed by atoms with Gasteiger partial charge in [0, 0.05) is 24.9 Å². The maximum Gasteiger partial charge on any atom is 0.421 e. The number of methoxy groups -OCH3 is 1. The van der Waals surface area contributed by atoms with Crippen molar-refractivity contribution >= 4 is 47.0 Å². The maximum absolute atomic E-state index is 13.9. The van der Waals surface area contributed by atoms with E-state index in [1.165, 1.54) is 31.5 Å². The zero-order chi connectivity index (χ0) is 32.4. The summed E-state index contributed by atoms with van der Waals surface area (Å²) < 4.78 is 46.8. The van der Waals surface area contributed by atoms with Gasteiger partial charge in [0.2, 0.25) is 11.8 Å². The average Bonchev–Trinajstić information content (AvgIpc) is 2.96. The van der Waals surface area contributed by atoms with Crippen LogP contribution in [-0.4, -0.2) is 69.2 Å². The second kappa shape index (κ2) is 15.0. The predicted octanol–water partition coefficient (Wildman–Crippen LogP) is 3.26. The van der Waals surface area contributed by atoms with Gasteiger partial charge >= 0.3 is 12.1 Å². The predicted molar refractivity (Wildman–Crippen MR) is 151 cm³/mol. The number of hydrogen-bond donors (Lipinski definition) is 6. The molecule has 2 aromatic heterocycles. The number of ether oxygens (including phenoxy) is 1. The Hall–Kier alpha value is -4.87. The lowest BCUT2D eigenvalue weighted by Crippen LogP contribution is -2.38. The second-order valence-corrected chi connectivity index (χ2v) is 9.40. The number of carbonyl (C=O) groups is 3. The summed E-state index contributed by atoms with van der Waals surface area (Å²) in [6, 6.07) is 4.99. The molecule has 2 atom stereocenters. The van der Waals surface area contributed by atoms with Crippen molar-refractivity contribution in [3.8, 4) is 5.88 Å². The molecule has 0 fully saturated rings. The molecule has 0 aliphatic carbocycles. The molecule has 14 nitrogen and oxygen atoms in total. The lowest BCUT2D eigenvalue weighted by Gasteiger charge is -2.19. The summed E-state index contributed by atoms with van der Waals surface area (Å²) in [4.78, 5) is 51.2. The van der Waals surface area contributed by atoms with Crippen LogP contribution in [0, 0.1) is 13.8 Å². The molecule has 0 spiro atoms. The summed E-state index contributed by atoms with van der Waals surface area (Å²) in [6.07, 6.45) is -4.49. The van der Waals surface area contributed by atoms with Crippen molar-refractivity contribution in [2.75, 3.05) is 29.7 Å². The van der Waals surface area contributed by atoms with E-state index in [2.05, 4.69) is 36.4 Å². The summed E-state index contributed by atoms with van der Waals surface area (Å²) in [7, 11) is 1.41. The van der Waals surface area contributed by atoms with Crippen LogP contribution >= 0.6 is 0 Å². The Morgan fingerprint density at radius 1 is 1.07 bits per heavy atom. The van der Waals surface area contributed by atoms with Gasteiger partial charge in [0.25, 0.3) is 5.91 Å². The third kappa shape index (κ3) is 9.58. The van der Waals surface area contributed by atoms with Crippen LogP contribution in [-0.2, 0) is 25.4 Å². The van der Waals surface area contributed by atoms with E-state index in [9.17, 15) is 32.7 Å². The first-order valence-corrected chi connectivity index (χ1v) is 12.9. The number of aliphatic hydroxyl groups excluding tert-OH is 1. The second-order valence-electron chi connectivity index (χ2n) is 9.40. The van der Waals surface area contributed by atoms with E-state index in [0.717, 1.165) is 0 Å². The van der Waals surface area contributed by atoms with Gasteiger partial charge < -0.3 is 35.7 Å². The number of alkyl halides is 3. The first-order chi connectivity index (χ1) is 20.8. The molecule has 0 saturated carbocycles. The van der Waals surface area contributed by atoms with Gasteiger partial charge in [0.1, 0.15) is 24.3 Å². The van der Waals surface area contributed by atoms with Crippen molar-refractivity contribution in [2.24, 2.45) is 0 Å². The third-order valence-corrected chi connectivity index (χ3v) is 5.93. The van der Waals surface area contributed by atoms with Gasteiger partial charge in [0.05, 0.1) is 30.2 Å². The van der Waals surface area contributed by atoms with Crippen molar-refractivity contribution < 1.29 is 47.3 Å². The standard InChI is InChI=1S/C27H30F3N7O7/c1-14-4-6-18(20(8-14)34-25(42)21(39)13-44-37-16(12-38)5-7-23(40)41)33-24-17(27(28,29)30)11-32-26(36-24)35-19-9-22(43-3)31-10-15(19)2/h4,6,8-12,16,21,37,39H,5,7,13H2,1-3H3,(H,34,42)(H,40,41)(H2,31,32,33,35,36)/t16-,21?/m0/s1. The van der Waals surface area contributed by atoms with Gasteiger partial charge in [0.15, 0.2) is 6.10 Å². The summed E-state index contributed by atoms with van der Waals surface area (Å²) in [5, 5.41) is 26.8. The van der Waals surface area contributed by atoms with Crippen molar-refractivity contribution in [3.05, 3.63) is 53.3 Å². The van der Waals surface area contributed by atoms with Crippen molar-refractivity contribution in [3.63, 3.8) is 0 Å². The van der Waals surface area contributed by atoms with Crippen LogP contribution in [0.2, 0.25) is 0 Å². The number of carbonyl (C=O) groups excluding carboxylic acids is 2. The first kappa shape index (κ1) is 33.6. The zero-order valence-corrected chi connectivity index (χ0v) is 23.7. The SMILES string of the molecule is COc1cc(Nc2ncc(C(F)(F)F)c(Nc3ccc(C)cc3NC(=O)C(O)CON[C@H](C=O)CCC(=O)O)n2)c(C)cn1.